The highest BCUT2D eigenvalue weighted by atomic mass is 16.2. The topological polar surface area (TPSA) is 55.2 Å². The Kier molecular flexibility index (Phi) is 5.77. The van der Waals surface area contributed by atoms with Crippen molar-refractivity contribution in [2.45, 2.75) is 47.1 Å². The number of amides is 1. The number of Topliss-reactive ketones (excluding diaryl/α,β-unsaturated/α-hetero) is 1. The van der Waals surface area contributed by atoms with Crippen LogP contribution in [-0.2, 0) is 4.79 Å². The maximum Gasteiger partial charge on any atom is 0.295 e. The number of hydrogen-bond donors (Lipinski definition) is 0. The van der Waals surface area contributed by atoms with Gasteiger partial charge in [0.25, 0.3) is 11.7 Å². The van der Waals surface area contributed by atoms with E-state index in [-0.39, 0.29) is 6.04 Å². The Morgan fingerprint density at radius 3 is 2.28 bits per heavy atom. The molecule has 5 nitrogen and oxygen atoms in total. The molecule has 0 aliphatic carbocycles. The summed E-state index contributed by atoms with van der Waals surface area (Å²) >= 11 is 0. The Labute approximate surface area is 149 Å². The number of aromatic nitrogens is 2. The fourth-order valence-electron chi connectivity index (χ4n) is 3.10. The second-order valence-corrected chi connectivity index (χ2v) is 7.02. The van der Waals surface area contributed by atoms with E-state index in [1.54, 1.807) is 23.6 Å². The van der Waals surface area contributed by atoms with E-state index >= 15 is 0 Å². The molecule has 1 aromatic carbocycles. The van der Waals surface area contributed by atoms with Gasteiger partial charge in [-0.2, -0.15) is 5.10 Å². The molecule has 0 radical (unpaired) electrons. The van der Waals surface area contributed by atoms with Gasteiger partial charge in [-0.3, -0.25) is 9.59 Å². The number of benzene rings is 1. The van der Waals surface area contributed by atoms with E-state index in [0.717, 1.165) is 12.1 Å². The van der Waals surface area contributed by atoms with Crippen molar-refractivity contribution in [1.82, 2.24) is 14.7 Å². The monoisotopic (exact) mass is 341 g/mol. The molecule has 0 saturated carbocycles. The molecule has 1 aromatic heterocycles. The van der Waals surface area contributed by atoms with Gasteiger partial charge in [0.05, 0.1) is 22.6 Å². The first-order valence-corrected chi connectivity index (χ1v) is 8.67. The highest BCUT2D eigenvalue weighted by Crippen LogP contribution is 2.20. The van der Waals surface area contributed by atoms with Crippen molar-refractivity contribution in [3.05, 3.63) is 47.3 Å². The molecule has 2 rings (SSSR count). The summed E-state index contributed by atoms with van der Waals surface area (Å²) in [5.41, 5.74) is 2.53. The van der Waals surface area contributed by atoms with Gasteiger partial charge in [-0.15, -0.1) is 0 Å². The van der Waals surface area contributed by atoms with Crippen LogP contribution in [-0.4, -0.2) is 39.5 Å². The Morgan fingerprint density at radius 2 is 1.72 bits per heavy atom. The van der Waals surface area contributed by atoms with Gasteiger partial charge in [-0.1, -0.05) is 32.0 Å². The van der Waals surface area contributed by atoms with Crippen LogP contribution in [0, 0.1) is 19.8 Å². The molecule has 1 unspecified atom stereocenters. The van der Waals surface area contributed by atoms with E-state index in [1.807, 2.05) is 44.2 Å². The van der Waals surface area contributed by atoms with Crippen LogP contribution in [0.1, 0.15) is 48.9 Å². The number of rotatable bonds is 6. The van der Waals surface area contributed by atoms with Crippen LogP contribution in [0.3, 0.4) is 0 Å². The number of carbonyl (C=O) groups excluding carboxylic acids is 2. The predicted octanol–water partition coefficient (Wildman–Crippen LogP) is 3.56. The van der Waals surface area contributed by atoms with Crippen LogP contribution in [0.25, 0.3) is 5.69 Å². The molecule has 0 N–H and O–H groups in total. The van der Waals surface area contributed by atoms with Crippen LogP contribution in [0.2, 0.25) is 0 Å². The lowest BCUT2D eigenvalue weighted by molar-refractivity contribution is -0.127. The van der Waals surface area contributed by atoms with Crippen LogP contribution in [0.4, 0.5) is 0 Å². The summed E-state index contributed by atoms with van der Waals surface area (Å²) in [4.78, 5) is 27.0. The van der Waals surface area contributed by atoms with Crippen molar-refractivity contribution >= 4 is 11.7 Å². The number of likely N-dealkylation sites (N-methyl/N-ethyl adjacent to an activating group) is 1. The zero-order chi connectivity index (χ0) is 18.7. The first kappa shape index (κ1) is 18.9. The van der Waals surface area contributed by atoms with Gasteiger partial charge in [0.15, 0.2) is 0 Å². The number of nitrogens with zero attached hydrogens (tertiary/aromatic N) is 3. The van der Waals surface area contributed by atoms with Crippen molar-refractivity contribution in [2.24, 2.45) is 5.92 Å². The van der Waals surface area contributed by atoms with E-state index in [1.165, 1.54) is 0 Å². The first-order chi connectivity index (χ1) is 11.7. The van der Waals surface area contributed by atoms with Gasteiger partial charge in [0, 0.05) is 13.1 Å². The lowest BCUT2D eigenvalue weighted by Crippen LogP contribution is -2.40. The van der Waals surface area contributed by atoms with Gasteiger partial charge in [0.2, 0.25) is 0 Å². The van der Waals surface area contributed by atoms with Crippen LogP contribution < -0.4 is 0 Å². The van der Waals surface area contributed by atoms with Gasteiger partial charge < -0.3 is 4.90 Å². The molecule has 0 saturated heterocycles. The molecule has 0 aliphatic heterocycles. The number of hydrogen-bond acceptors (Lipinski definition) is 3. The standard InChI is InChI=1S/C20H27N3O2/c1-13(2)12-14(3)22(6)20(25)19(24)18-15(4)21-23(16(18)5)17-10-8-7-9-11-17/h7-11,13-14H,12H2,1-6H3. The molecule has 2 aromatic rings. The summed E-state index contributed by atoms with van der Waals surface area (Å²) in [5.74, 6) is -0.507. The third-order valence-corrected chi connectivity index (χ3v) is 4.51. The largest absolute Gasteiger partial charge is 0.336 e. The van der Waals surface area contributed by atoms with E-state index in [4.69, 9.17) is 0 Å². The maximum atomic E-state index is 12.8. The molecule has 0 fully saturated rings. The van der Waals surface area contributed by atoms with E-state index in [0.29, 0.717) is 22.9 Å². The molecule has 1 heterocycles. The van der Waals surface area contributed by atoms with Crippen LogP contribution in [0.15, 0.2) is 30.3 Å². The highest BCUT2D eigenvalue weighted by Gasteiger charge is 2.29. The fourth-order valence-corrected chi connectivity index (χ4v) is 3.10. The molecule has 134 valence electrons. The van der Waals surface area contributed by atoms with Crippen molar-refractivity contribution in [3.8, 4) is 5.69 Å². The molecule has 1 atom stereocenters. The van der Waals surface area contributed by atoms with Gasteiger partial charge in [-0.05, 0) is 45.2 Å². The zero-order valence-electron chi connectivity index (χ0n) is 15.9. The maximum absolute atomic E-state index is 12.8. The fraction of sp³-hybridized carbons (Fsp3) is 0.450. The molecule has 0 aliphatic rings. The average molecular weight is 341 g/mol. The van der Waals surface area contributed by atoms with E-state index in [2.05, 4.69) is 18.9 Å². The summed E-state index contributed by atoms with van der Waals surface area (Å²) in [6, 6.07) is 9.62. The third kappa shape index (κ3) is 3.98. The van der Waals surface area contributed by atoms with Crippen molar-refractivity contribution in [3.63, 3.8) is 0 Å². The lowest BCUT2D eigenvalue weighted by atomic mass is 10.0. The summed E-state index contributed by atoms with van der Waals surface area (Å²) in [6.45, 7) is 9.78. The number of carbonyl (C=O) groups is 2. The number of aryl methyl sites for hydroxylation is 1. The minimum absolute atomic E-state index is 0.0150. The lowest BCUT2D eigenvalue weighted by Gasteiger charge is -2.25. The van der Waals surface area contributed by atoms with E-state index in [9.17, 15) is 9.59 Å². The quantitative estimate of drug-likeness (QED) is 0.596. The molecule has 1 amide bonds. The second-order valence-electron chi connectivity index (χ2n) is 7.02. The molecular weight excluding hydrogens is 314 g/mol. The Morgan fingerprint density at radius 1 is 1.12 bits per heavy atom. The minimum atomic E-state index is -0.490. The summed E-state index contributed by atoms with van der Waals surface area (Å²) in [7, 11) is 1.69. The van der Waals surface area contributed by atoms with Crippen molar-refractivity contribution < 1.29 is 9.59 Å². The first-order valence-electron chi connectivity index (χ1n) is 8.67. The molecule has 25 heavy (non-hydrogen) atoms. The Hall–Kier alpha value is -2.43. The van der Waals surface area contributed by atoms with Crippen molar-refractivity contribution in [2.75, 3.05) is 7.05 Å². The van der Waals surface area contributed by atoms with Crippen molar-refractivity contribution in [1.29, 1.82) is 0 Å². The molecule has 0 bridgehead atoms. The van der Waals surface area contributed by atoms with Gasteiger partial charge in [0.1, 0.15) is 0 Å². The number of ketones is 1. The summed E-state index contributed by atoms with van der Waals surface area (Å²) in [6.07, 6.45) is 0.858. The third-order valence-electron chi connectivity index (χ3n) is 4.51. The second kappa shape index (κ2) is 7.64. The summed E-state index contributed by atoms with van der Waals surface area (Å²) < 4.78 is 1.72. The Balaban J connectivity index is 2.31. The molecular formula is C20H27N3O2. The highest BCUT2D eigenvalue weighted by molar-refractivity contribution is 6.43. The smallest absolute Gasteiger partial charge is 0.295 e. The van der Waals surface area contributed by atoms with Gasteiger partial charge in [-0.25, -0.2) is 4.68 Å². The Bertz CT molecular complexity index is 763. The normalized spacial score (nSPS) is 12.3. The predicted molar refractivity (Wildman–Crippen MR) is 99.1 cm³/mol. The summed E-state index contributed by atoms with van der Waals surface area (Å²) in [5, 5.41) is 4.46. The minimum Gasteiger partial charge on any atom is -0.336 e. The molecule has 0 spiro atoms. The van der Waals surface area contributed by atoms with Crippen LogP contribution >= 0.6 is 0 Å². The molecule has 5 heteroatoms. The number of para-hydroxylation sites is 1. The van der Waals surface area contributed by atoms with E-state index < -0.39 is 11.7 Å². The van der Waals surface area contributed by atoms with Gasteiger partial charge >= 0.3 is 0 Å². The SMILES string of the molecule is Cc1nn(-c2ccccc2)c(C)c1C(=O)C(=O)N(C)C(C)CC(C)C. The average Bonchev–Trinajstić information content (AvgIpc) is 2.87. The zero-order valence-corrected chi connectivity index (χ0v) is 15.9. The van der Waals surface area contributed by atoms with Crippen LogP contribution in [0.5, 0.6) is 0 Å².